The molecule has 0 bridgehead atoms. The first-order valence-corrected chi connectivity index (χ1v) is 7.59. The average molecular weight is 288 g/mol. The normalized spacial score (nSPS) is 14.0. The number of aromatic amines is 1. The topological polar surface area (TPSA) is 68.1 Å². The van der Waals surface area contributed by atoms with E-state index in [0.717, 1.165) is 29.3 Å². The number of aromatic nitrogens is 1. The molecular weight excluding hydrogens is 264 g/mol. The molecule has 0 aliphatic heterocycles. The van der Waals surface area contributed by atoms with Crippen LogP contribution in [0.2, 0.25) is 0 Å². The second-order valence-corrected chi connectivity index (χ2v) is 5.69. The Labute approximate surface area is 125 Å². The molecule has 0 spiro atoms. The third kappa shape index (κ3) is 4.08. The maximum absolute atomic E-state index is 12.0. The summed E-state index contributed by atoms with van der Waals surface area (Å²) in [5.41, 5.74) is 8.08. The monoisotopic (exact) mass is 288 g/mol. The summed E-state index contributed by atoms with van der Waals surface area (Å²) in [5, 5.41) is 1.11. The van der Waals surface area contributed by atoms with Crippen molar-refractivity contribution in [3.05, 3.63) is 36.0 Å². The molecule has 0 saturated heterocycles. The summed E-state index contributed by atoms with van der Waals surface area (Å²) in [7, 11) is 0. The van der Waals surface area contributed by atoms with Crippen molar-refractivity contribution in [1.82, 2.24) is 4.98 Å². The Balaban J connectivity index is 1.91. The van der Waals surface area contributed by atoms with Crippen LogP contribution in [-0.4, -0.2) is 23.6 Å². The number of H-pyrrole nitrogens is 1. The molecule has 21 heavy (non-hydrogen) atoms. The predicted molar refractivity (Wildman–Crippen MR) is 85.0 cm³/mol. The van der Waals surface area contributed by atoms with E-state index in [1.54, 1.807) is 0 Å². The second-order valence-electron chi connectivity index (χ2n) is 5.69. The number of carbonyl (C=O) groups is 1. The molecule has 2 atom stereocenters. The number of nitrogens with one attached hydrogen (secondary N) is 1. The van der Waals surface area contributed by atoms with Gasteiger partial charge in [-0.1, -0.05) is 38.5 Å². The van der Waals surface area contributed by atoms with Crippen LogP contribution < -0.4 is 5.73 Å². The fourth-order valence-corrected chi connectivity index (χ4v) is 2.53. The van der Waals surface area contributed by atoms with Gasteiger partial charge in [0.2, 0.25) is 0 Å². The number of esters is 1. The molecule has 3 N–H and O–H groups in total. The maximum Gasteiger partial charge on any atom is 0.323 e. The van der Waals surface area contributed by atoms with Gasteiger partial charge in [-0.2, -0.15) is 0 Å². The largest absolute Gasteiger partial charge is 0.464 e. The third-order valence-electron chi connectivity index (χ3n) is 3.71. The molecule has 0 amide bonds. The molecule has 2 aromatic rings. The highest BCUT2D eigenvalue weighted by Crippen LogP contribution is 2.19. The summed E-state index contributed by atoms with van der Waals surface area (Å²) < 4.78 is 5.30. The maximum atomic E-state index is 12.0. The summed E-state index contributed by atoms with van der Waals surface area (Å²) >= 11 is 0. The van der Waals surface area contributed by atoms with Gasteiger partial charge in [0.05, 0.1) is 6.61 Å². The van der Waals surface area contributed by atoms with Crippen LogP contribution in [0, 0.1) is 5.92 Å². The van der Waals surface area contributed by atoms with Crippen molar-refractivity contribution >= 4 is 16.9 Å². The minimum Gasteiger partial charge on any atom is -0.464 e. The fraction of sp³-hybridized carbons (Fsp3) is 0.471. The smallest absolute Gasteiger partial charge is 0.323 e. The zero-order valence-electron chi connectivity index (χ0n) is 12.8. The van der Waals surface area contributed by atoms with Crippen LogP contribution in [0.15, 0.2) is 30.5 Å². The van der Waals surface area contributed by atoms with Crippen molar-refractivity contribution in [3.63, 3.8) is 0 Å². The van der Waals surface area contributed by atoms with E-state index in [-0.39, 0.29) is 5.97 Å². The SMILES string of the molecule is CCCC(C)COC(=O)[C@@H](N)Cc1c[nH]c2ccccc12. The summed E-state index contributed by atoms with van der Waals surface area (Å²) in [5.74, 6) is 0.0717. The van der Waals surface area contributed by atoms with E-state index < -0.39 is 6.04 Å². The first kappa shape index (κ1) is 15.6. The van der Waals surface area contributed by atoms with Crippen molar-refractivity contribution in [2.24, 2.45) is 11.7 Å². The van der Waals surface area contributed by atoms with E-state index in [2.05, 4.69) is 18.8 Å². The Morgan fingerprint density at radius 1 is 1.38 bits per heavy atom. The van der Waals surface area contributed by atoms with Crippen LogP contribution in [0.25, 0.3) is 10.9 Å². The standard InChI is InChI=1S/C17H24N2O2/c1-3-6-12(2)11-21-17(20)15(18)9-13-10-19-16-8-5-4-7-14(13)16/h4-5,7-8,10,12,15,19H,3,6,9,11,18H2,1-2H3/t12?,15-/m0/s1. The molecule has 4 heteroatoms. The predicted octanol–water partition coefficient (Wildman–Crippen LogP) is 3.02. The lowest BCUT2D eigenvalue weighted by Gasteiger charge is -2.14. The first-order chi connectivity index (χ1) is 10.1. The minimum atomic E-state index is -0.613. The van der Waals surface area contributed by atoms with E-state index in [1.807, 2.05) is 30.5 Å². The zero-order valence-corrected chi connectivity index (χ0v) is 12.8. The van der Waals surface area contributed by atoms with Crippen LogP contribution in [0.1, 0.15) is 32.3 Å². The zero-order chi connectivity index (χ0) is 15.2. The van der Waals surface area contributed by atoms with Crippen molar-refractivity contribution in [2.75, 3.05) is 6.61 Å². The average Bonchev–Trinajstić information content (AvgIpc) is 2.88. The first-order valence-electron chi connectivity index (χ1n) is 7.59. The lowest BCUT2D eigenvalue weighted by atomic mass is 10.1. The molecule has 4 nitrogen and oxygen atoms in total. The van der Waals surface area contributed by atoms with Gasteiger partial charge in [0.25, 0.3) is 0 Å². The number of fused-ring (bicyclic) bond motifs is 1. The number of para-hydroxylation sites is 1. The lowest BCUT2D eigenvalue weighted by molar-refractivity contribution is -0.146. The third-order valence-corrected chi connectivity index (χ3v) is 3.71. The fourth-order valence-electron chi connectivity index (χ4n) is 2.53. The number of ether oxygens (including phenoxy) is 1. The Hall–Kier alpha value is -1.81. The molecule has 1 aromatic heterocycles. The second kappa shape index (κ2) is 7.27. The molecule has 1 heterocycles. The highest BCUT2D eigenvalue weighted by molar-refractivity contribution is 5.84. The molecule has 0 radical (unpaired) electrons. The Kier molecular flexibility index (Phi) is 5.39. The van der Waals surface area contributed by atoms with Crippen molar-refractivity contribution in [3.8, 4) is 0 Å². The van der Waals surface area contributed by atoms with Gasteiger partial charge in [-0.25, -0.2) is 0 Å². The highest BCUT2D eigenvalue weighted by Gasteiger charge is 2.18. The van der Waals surface area contributed by atoms with Gasteiger partial charge in [-0.15, -0.1) is 0 Å². The molecule has 0 fully saturated rings. The van der Waals surface area contributed by atoms with Crippen molar-refractivity contribution in [1.29, 1.82) is 0 Å². The Morgan fingerprint density at radius 3 is 2.90 bits per heavy atom. The van der Waals surface area contributed by atoms with Gasteiger partial charge in [0.1, 0.15) is 6.04 Å². The summed E-state index contributed by atoms with van der Waals surface area (Å²) in [6.07, 6.45) is 4.56. The van der Waals surface area contributed by atoms with Gasteiger partial charge >= 0.3 is 5.97 Å². The molecule has 2 rings (SSSR count). The number of benzene rings is 1. The van der Waals surface area contributed by atoms with Gasteiger partial charge < -0.3 is 15.5 Å². The van der Waals surface area contributed by atoms with E-state index in [4.69, 9.17) is 10.5 Å². The Bertz CT molecular complexity index is 591. The van der Waals surface area contributed by atoms with Crippen LogP contribution in [-0.2, 0) is 16.0 Å². The van der Waals surface area contributed by atoms with Crippen LogP contribution in [0.5, 0.6) is 0 Å². The molecule has 0 aliphatic rings. The van der Waals surface area contributed by atoms with Gasteiger partial charge in [0.15, 0.2) is 0 Å². The van der Waals surface area contributed by atoms with Crippen LogP contribution in [0.4, 0.5) is 0 Å². The lowest BCUT2D eigenvalue weighted by Crippen LogP contribution is -2.35. The number of carbonyl (C=O) groups excluding carboxylic acids is 1. The van der Waals surface area contributed by atoms with E-state index in [1.165, 1.54) is 0 Å². The minimum absolute atomic E-state index is 0.316. The molecule has 1 aromatic carbocycles. The Morgan fingerprint density at radius 2 is 2.14 bits per heavy atom. The number of rotatable bonds is 7. The molecule has 1 unspecified atom stereocenters. The van der Waals surface area contributed by atoms with Gasteiger partial charge in [0, 0.05) is 23.5 Å². The number of nitrogens with two attached hydrogens (primary N) is 1. The van der Waals surface area contributed by atoms with Crippen molar-refractivity contribution < 1.29 is 9.53 Å². The summed E-state index contributed by atoms with van der Waals surface area (Å²) in [6.45, 7) is 4.66. The highest BCUT2D eigenvalue weighted by atomic mass is 16.5. The quantitative estimate of drug-likeness (QED) is 0.769. The number of hydrogen-bond acceptors (Lipinski definition) is 3. The molecule has 114 valence electrons. The van der Waals surface area contributed by atoms with E-state index in [0.29, 0.717) is 18.9 Å². The van der Waals surface area contributed by atoms with E-state index >= 15 is 0 Å². The molecule has 0 saturated carbocycles. The van der Waals surface area contributed by atoms with Crippen molar-refractivity contribution in [2.45, 2.75) is 39.2 Å². The molecule has 0 aliphatic carbocycles. The van der Waals surface area contributed by atoms with E-state index in [9.17, 15) is 4.79 Å². The van der Waals surface area contributed by atoms with Crippen LogP contribution >= 0.6 is 0 Å². The molecular formula is C17H24N2O2. The van der Waals surface area contributed by atoms with Gasteiger partial charge in [-0.05, 0) is 24.0 Å². The van der Waals surface area contributed by atoms with Crippen LogP contribution in [0.3, 0.4) is 0 Å². The summed E-state index contributed by atoms with van der Waals surface area (Å²) in [6, 6.07) is 7.39. The van der Waals surface area contributed by atoms with Gasteiger partial charge in [-0.3, -0.25) is 4.79 Å². The summed E-state index contributed by atoms with van der Waals surface area (Å²) in [4.78, 5) is 15.1. The number of hydrogen-bond donors (Lipinski definition) is 2.